The van der Waals surface area contributed by atoms with Crippen molar-refractivity contribution >= 4 is 16.0 Å². The van der Waals surface area contributed by atoms with Crippen LogP contribution in [-0.2, 0) is 14.9 Å². The van der Waals surface area contributed by atoms with Crippen molar-refractivity contribution in [1.29, 1.82) is 0 Å². The summed E-state index contributed by atoms with van der Waals surface area (Å²) < 4.78 is 28.9. The van der Waals surface area contributed by atoms with Crippen molar-refractivity contribution in [1.82, 2.24) is 10.6 Å². The predicted molar refractivity (Wildman–Crippen MR) is 52.6 cm³/mol. The minimum Gasteiger partial charge on any atom is -0.353 e. The van der Waals surface area contributed by atoms with Crippen LogP contribution < -0.4 is 10.6 Å². The van der Waals surface area contributed by atoms with Gasteiger partial charge in [0.25, 0.3) is 10.1 Å². The highest BCUT2D eigenvalue weighted by atomic mass is 32.2. The fraction of sp³-hybridized carbons (Fsp3) is 0.857. The fourth-order valence-corrected chi connectivity index (χ4v) is 1.18. The van der Waals surface area contributed by atoms with E-state index < -0.39 is 10.1 Å². The topological polar surface area (TPSA) is 95.5 Å². The third-order valence-electron chi connectivity index (χ3n) is 1.27. The molecule has 0 heterocycles. The number of carbonyl (C=O) groups excluding carboxylic acids is 1. The zero-order valence-corrected chi connectivity index (χ0v) is 9.10. The van der Waals surface area contributed by atoms with E-state index in [0.29, 0.717) is 0 Å². The highest BCUT2D eigenvalue weighted by Crippen LogP contribution is 1.79. The van der Waals surface area contributed by atoms with E-state index in [1.165, 1.54) is 0 Å². The van der Waals surface area contributed by atoms with Crippen LogP contribution in [0.3, 0.4) is 0 Å². The number of rotatable bonds is 6. The monoisotopic (exact) mass is 224 g/mol. The molecule has 0 rings (SSSR count). The Morgan fingerprint density at radius 2 is 2.00 bits per heavy atom. The summed E-state index contributed by atoms with van der Waals surface area (Å²) in [6, 6.07) is 0.0610. The van der Waals surface area contributed by atoms with Gasteiger partial charge in [-0.25, -0.2) is 0 Å². The van der Waals surface area contributed by atoms with Gasteiger partial charge in [0.15, 0.2) is 0 Å². The van der Waals surface area contributed by atoms with E-state index in [9.17, 15) is 13.2 Å². The number of hydrogen-bond donors (Lipinski definition) is 3. The van der Waals surface area contributed by atoms with Crippen LogP contribution in [0.5, 0.6) is 0 Å². The van der Waals surface area contributed by atoms with Crippen LogP contribution in [0.15, 0.2) is 0 Å². The lowest BCUT2D eigenvalue weighted by Gasteiger charge is -2.08. The predicted octanol–water partition coefficient (Wildman–Crippen LogP) is -1.01. The molecule has 0 aromatic heterocycles. The molecular weight excluding hydrogens is 208 g/mol. The third kappa shape index (κ3) is 9.43. The van der Waals surface area contributed by atoms with Crippen molar-refractivity contribution in [2.24, 2.45) is 0 Å². The highest BCUT2D eigenvalue weighted by molar-refractivity contribution is 7.85. The highest BCUT2D eigenvalue weighted by Gasteiger charge is 2.05. The normalized spacial score (nSPS) is 11.7. The van der Waals surface area contributed by atoms with Crippen LogP contribution >= 0.6 is 0 Å². The summed E-state index contributed by atoms with van der Waals surface area (Å²) in [5.74, 6) is -0.586. The fourth-order valence-electron chi connectivity index (χ4n) is 0.776. The molecule has 14 heavy (non-hydrogen) atoms. The van der Waals surface area contributed by atoms with Gasteiger partial charge in [-0.2, -0.15) is 8.42 Å². The van der Waals surface area contributed by atoms with E-state index >= 15 is 0 Å². The molecule has 0 aliphatic carbocycles. The van der Waals surface area contributed by atoms with Crippen LogP contribution in [0, 0.1) is 0 Å². The second-order valence-electron chi connectivity index (χ2n) is 3.19. The lowest BCUT2D eigenvalue weighted by atomic mass is 10.4. The summed E-state index contributed by atoms with van der Waals surface area (Å²) >= 11 is 0. The Bertz CT molecular complexity index is 273. The molecule has 7 heteroatoms. The molecule has 1 amide bonds. The Balaban J connectivity index is 3.51. The lowest BCUT2D eigenvalue weighted by molar-refractivity contribution is -0.120. The van der Waals surface area contributed by atoms with Crippen molar-refractivity contribution < 1.29 is 17.8 Å². The number of amides is 1. The zero-order chi connectivity index (χ0) is 11.2. The van der Waals surface area contributed by atoms with Crippen LogP contribution in [0.2, 0.25) is 0 Å². The first-order valence-electron chi connectivity index (χ1n) is 4.26. The molecule has 0 aliphatic heterocycles. The lowest BCUT2D eigenvalue weighted by Crippen LogP contribution is -2.38. The van der Waals surface area contributed by atoms with E-state index in [2.05, 4.69) is 10.6 Å². The zero-order valence-electron chi connectivity index (χ0n) is 8.28. The maximum atomic E-state index is 11.0. The van der Waals surface area contributed by atoms with Gasteiger partial charge in [0.05, 0.1) is 12.3 Å². The Morgan fingerprint density at radius 1 is 1.43 bits per heavy atom. The second-order valence-corrected chi connectivity index (χ2v) is 4.76. The molecular formula is C7H16N2O4S. The van der Waals surface area contributed by atoms with Crippen LogP contribution in [0.4, 0.5) is 0 Å². The van der Waals surface area contributed by atoms with Gasteiger partial charge in [-0.05, 0) is 13.8 Å². The molecule has 0 fully saturated rings. The Hall–Kier alpha value is -0.660. The van der Waals surface area contributed by atoms with Gasteiger partial charge < -0.3 is 10.6 Å². The molecule has 0 spiro atoms. The molecule has 3 N–H and O–H groups in total. The minimum atomic E-state index is -3.94. The van der Waals surface area contributed by atoms with Crippen LogP contribution in [-0.4, -0.2) is 43.8 Å². The maximum absolute atomic E-state index is 11.0. The van der Waals surface area contributed by atoms with Gasteiger partial charge in [0.1, 0.15) is 0 Å². The Morgan fingerprint density at radius 3 is 2.43 bits per heavy atom. The first-order valence-corrected chi connectivity index (χ1v) is 5.87. The quantitative estimate of drug-likeness (QED) is 0.397. The van der Waals surface area contributed by atoms with Gasteiger partial charge in [0.2, 0.25) is 5.91 Å². The molecule has 84 valence electrons. The van der Waals surface area contributed by atoms with Gasteiger partial charge in [0, 0.05) is 12.6 Å². The van der Waals surface area contributed by atoms with Gasteiger partial charge in [-0.15, -0.1) is 0 Å². The summed E-state index contributed by atoms with van der Waals surface area (Å²) in [4.78, 5) is 11.0. The molecule has 6 nitrogen and oxygen atoms in total. The average Bonchev–Trinajstić information content (AvgIpc) is 1.95. The summed E-state index contributed by atoms with van der Waals surface area (Å²) in [6.07, 6.45) is 0. The van der Waals surface area contributed by atoms with Gasteiger partial charge in [-0.1, -0.05) is 0 Å². The SMILES string of the molecule is CC(C)NC(=O)CNCCS(=O)(=O)O. The minimum absolute atomic E-state index is 0.0493. The Labute approximate surface area is 83.8 Å². The summed E-state index contributed by atoms with van der Waals surface area (Å²) in [7, 11) is -3.94. The van der Waals surface area contributed by atoms with Crippen molar-refractivity contribution in [3.05, 3.63) is 0 Å². The maximum Gasteiger partial charge on any atom is 0.266 e. The molecule has 0 aromatic carbocycles. The summed E-state index contributed by atoms with van der Waals surface area (Å²) in [5, 5.41) is 5.22. The molecule has 0 aromatic rings. The third-order valence-corrected chi connectivity index (χ3v) is 1.99. The van der Waals surface area contributed by atoms with Gasteiger partial charge >= 0.3 is 0 Å². The van der Waals surface area contributed by atoms with E-state index in [4.69, 9.17) is 4.55 Å². The van der Waals surface area contributed by atoms with Crippen LogP contribution in [0.25, 0.3) is 0 Å². The van der Waals surface area contributed by atoms with Crippen molar-refractivity contribution in [3.63, 3.8) is 0 Å². The molecule has 0 radical (unpaired) electrons. The van der Waals surface area contributed by atoms with E-state index in [0.717, 1.165) is 0 Å². The first kappa shape index (κ1) is 13.3. The van der Waals surface area contributed by atoms with E-state index in [1.54, 1.807) is 0 Å². The van der Waals surface area contributed by atoms with Crippen molar-refractivity contribution in [2.75, 3.05) is 18.8 Å². The summed E-state index contributed by atoms with van der Waals surface area (Å²) in [5.41, 5.74) is 0. The smallest absolute Gasteiger partial charge is 0.266 e. The number of carbonyl (C=O) groups is 1. The molecule has 0 bridgehead atoms. The standard InChI is InChI=1S/C7H16N2O4S/c1-6(2)9-7(10)5-8-3-4-14(11,12)13/h6,8H,3-5H2,1-2H3,(H,9,10)(H,11,12,13). The molecule has 0 saturated heterocycles. The molecule has 0 aliphatic rings. The summed E-state index contributed by atoms with van der Waals surface area (Å²) in [6.45, 7) is 3.77. The number of hydrogen-bond acceptors (Lipinski definition) is 4. The largest absolute Gasteiger partial charge is 0.353 e. The first-order chi connectivity index (χ1) is 6.31. The van der Waals surface area contributed by atoms with E-state index in [-0.39, 0.29) is 30.8 Å². The van der Waals surface area contributed by atoms with Gasteiger partial charge in [-0.3, -0.25) is 9.35 Å². The van der Waals surface area contributed by atoms with Crippen LogP contribution in [0.1, 0.15) is 13.8 Å². The molecule has 0 atom stereocenters. The number of nitrogens with one attached hydrogen (secondary N) is 2. The second kappa shape index (κ2) is 5.94. The molecule has 0 saturated carbocycles. The molecule has 0 unspecified atom stereocenters. The van der Waals surface area contributed by atoms with Crippen molar-refractivity contribution in [2.45, 2.75) is 19.9 Å². The van der Waals surface area contributed by atoms with E-state index in [1.807, 2.05) is 13.8 Å². The van der Waals surface area contributed by atoms with Crippen molar-refractivity contribution in [3.8, 4) is 0 Å². The average molecular weight is 224 g/mol. The Kier molecular flexibility index (Phi) is 5.66.